The number of nitrogens with two attached hydrogens (primary N) is 1. The lowest BCUT2D eigenvalue weighted by Crippen LogP contribution is -2.55. The van der Waals surface area contributed by atoms with Crippen molar-refractivity contribution in [2.75, 3.05) is 33.9 Å². The highest BCUT2D eigenvalue weighted by molar-refractivity contribution is 5.38. The Morgan fingerprint density at radius 2 is 2.22 bits per heavy atom. The van der Waals surface area contributed by atoms with Crippen molar-refractivity contribution in [1.29, 1.82) is 0 Å². The van der Waals surface area contributed by atoms with E-state index in [9.17, 15) is 0 Å². The van der Waals surface area contributed by atoms with Gasteiger partial charge in [-0.2, -0.15) is 0 Å². The van der Waals surface area contributed by atoms with Crippen LogP contribution < -0.4 is 15.8 Å². The maximum Gasteiger partial charge on any atom is 0.121 e. The molecule has 1 aromatic carbocycles. The fraction of sp³-hybridized carbons (Fsp3) is 0.571. The molecular weight excluding hydrogens is 228 g/mol. The second-order valence-electron chi connectivity index (χ2n) is 5.01. The standard InChI is InChI=1S/C14H22N2O2/c1-10-6-11(4-5-12(10)17-3)13(16-2)14(7-15)8-18-9-14/h4-6,13,16H,7-9,15H2,1-3H3. The molecule has 1 atom stereocenters. The summed E-state index contributed by atoms with van der Waals surface area (Å²) >= 11 is 0. The minimum atomic E-state index is 0.0236. The minimum Gasteiger partial charge on any atom is -0.496 e. The van der Waals surface area contributed by atoms with Crippen LogP contribution in [-0.2, 0) is 4.74 Å². The van der Waals surface area contributed by atoms with Gasteiger partial charge in [0.1, 0.15) is 5.75 Å². The quantitative estimate of drug-likeness (QED) is 0.825. The summed E-state index contributed by atoms with van der Waals surface area (Å²) in [7, 11) is 3.67. The van der Waals surface area contributed by atoms with Crippen LogP contribution in [0, 0.1) is 12.3 Å². The SMILES string of the molecule is CNC(c1ccc(OC)c(C)c1)C1(CN)COC1. The Morgan fingerprint density at radius 1 is 1.50 bits per heavy atom. The molecule has 100 valence electrons. The van der Waals surface area contributed by atoms with E-state index in [4.69, 9.17) is 15.2 Å². The van der Waals surface area contributed by atoms with Gasteiger partial charge >= 0.3 is 0 Å². The fourth-order valence-corrected chi connectivity index (χ4v) is 2.67. The molecule has 1 heterocycles. The molecule has 18 heavy (non-hydrogen) atoms. The topological polar surface area (TPSA) is 56.5 Å². The van der Waals surface area contributed by atoms with Crippen LogP contribution in [0.4, 0.5) is 0 Å². The first kappa shape index (κ1) is 13.3. The highest BCUT2D eigenvalue weighted by Crippen LogP contribution is 2.40. The van der Waals surface area contributed by atoms with Gasteiger partial charge in [0.15, 0.2) is 0 Å². The van der Waals surface area contributed by atoms with Gasteiger partial charge in [0.2, 0.25) is 0 Å². The summed E-state index contributed by atoms with van der Waals surface area (Å²) in [5, 5.41) is 3.38. The Labute approximate surface area is 108 Å². The van der Waals surface area contributed by atoms with Crippen LogP contribution >= 0.6 is 0 Å². The Balaban J connectivity index is 2.30. The van der Waals surface area contributed by atoms with Gasteiger partial charge in [-0.1, -0.05) is 12.1 Å². The lowest BCUT2D eigenvalue weighted by atomic mass is 9.75. The maximum absolute atomic E-state index is 5.93. The third-order valence-electron chi connectivity index (χ3n) is 3.84. The van der Waals surface area contributed by atoms with Crippen molar-refractivity contribution in [2.45, 2.75) is 13.0 Å². The predicted molar refractivity (Wildman–Crippen MR) is 71.8 cm³/mol. The van der Waals surface area contributed by atoms with Crippen molar-refractivity contribution in [3.63, 3.8) is 0 Å². The Kier molecular flexibility index (Phi) is 3.90. The smallest absolute Gasteiger partial charge is 0.121 e. The number of benzene rings is 1. The highest BCUT2D eigenvalue weighted by atomic mass is 16.5. The summed E-state index contributed by atoms with van der Waals surface area (Å²) in [5.41, 5.74) is 8.34. The molecule has 0 saturated carbocycles. The Bertz CT molecular complexity index is 411. The number of rotatable bonds is 5. The molecule has 0 aromatic heterocycles. The molecule has 0 spiro atoms. The van der Waals surface area contributed by atoms with E-state index >= 15 is 0 Å². The zero-order valence-corrected chi connectivity index (χ0v) is 11.3. The average Bonchev–Trinajstić information content (AvgIpc) is 2.33. The maximum atomic E-state index is 5.93. The lowest BCUT2D eigenvalue weighted by molar-refractivity contribution is -0.126. The van der Waals surface area contributed by atoms with Gasteiger partial charge in [0.05, 0.1) is 20.3 Å². The Hall–Kier alpha value is -1.10. The molecular formula is C14H22N2O2. The van der Waals surface area contributed by atoms with Crippen LogP contribution in [0.15, 0.2) is 18.2 Å². The van der Waals surface area contributed by atoms with E-state index in [1.54, 1.807) is 7.11 Å². The van der Waals surface area contributed by atoms with E-state index in [1.807, 2.05) is 13.1 Å². The molecule has 1 aliphatic heterocycles. The fourth-order valence-electron chi connectivity index (χ4n) is 2.67. The van der Waals surface area contributed by atoms with Gasteiger partial charge in [0.25, 0.3) is 0 Å². The largest absolute Gasteiger partial charge is 0.496 e. The second kappa shape index (κ2) is 5.26. The van der Waals surface area contributed by atoms with Crippen molar-refractivity contribution in [3.8, 4) is 5.75 Å². The first-order chi connectivity index (χ1) is 8.66. The summed E-state index contributed by atoms with van der Waals surface area (Å²) in [5.74, 6) is 0.917. The van der Waals surface area contributed by atoms with Crippen molar-refractivity contribution in [2.24, 2.45) is 11.1 Å². The van der Waals surface area contributed by atoms with Crippen molar-refractivity contribution in [3.05, 3.63) is 29.3 Å². The molecule has 0 aliphatic carbocycles. The number of methoxy groups -OCH3 is 1. The zero-order valence-electron chi connectivity index (χ0n) is 11.3. The molecule has 1 aromatic rings. The summed E-state index contributed by atoms with van der Waals surface area (Å²) in [6.45, 7) is 4.13. The van der Waals surface area contributed by atoms with Gasteiger partial charge in [0, 0.05) is 18.0 Å². The van der Waals surface area contributed by atoms with E-state index in [0.717, 1.165) is 24.5 Å². The van der Waals surface area contributed by atoms with E-state index in [0.29, 0.717) is 6.54 Å². The monoisotopic (exact) mass is 250 g/mol. The third-order valence-corrected chi connectivity index (χ3v) is 3.84. The summed E-state index contributed by atoms with van der Waals surface area (Å²) in [6.07, 6.45) is 0. The number of hydrogen-bond donors (Lipinski definition) is 2. The first-order valence-electron chi connectivity index (χ1n) is 6.26. The number of aryl methyl sites for hydroxylation is 1. The molecule has 0 amide bonds. The molecule has 3 N–H and O–H groups in total. The van der Waals surface area contributed by atoms with Gasteiger partial charge in [-0.3, -0.25) is 0 Å². The molecule has 4 nitrogen and oxygen atoms in total. The van der Waals surface area contributed by atoms with E-state index in [-0.39, 0.29) is 11.5 Å². The van der Waals surface area contributed by atoms with Gasteiger partial charge in [-0.25, -0.2) is 0 Å². The minimum absolute atomic E-state index is 0.0236. The van der Waals surface area contributed by atoms with Crippen LogP contribution in [0.1, 0.15) is 17.2 Å². The van der Waals surface area contributed by atoms with Crippen LogP contribution in [0.2, 0.25) is 0 Å². The van der Waals surface area contributed by atoms with Crippen LogP contribution in [0.25, 0.3) is 0 Å². The normalized spacial score (nSPS) is 19.1. The molecule has 1 unspecified atom stereocenters. The van der Waals surface area contributed by atoms with Crippen LogP contribution in [-0.4, -0.2) is 33.9 Å². The second-order valence-corrected chi connectivity index (χ2v) is 5.01. The number of hydrogen-bond acceptors (Lipinski definition) is 4. The van der Waals surface area contributed by atoms with Crippen molar-refractivity contribution >= 4 is 0 Å². The number of ether oxygens (including phenoxy) is 2. The summed E-state index contributed by atoms with van der Waals surface area (Å²) < 4.78 is 10.7. The summed E-state index contributed by atoms with van der Waals surface area (Å²) in [6, 6.07) is 6.50. The molecule has 2 rings (SSSR count). The molecule has 1 saturated heterocycles. The van der Waals surface area contributed by atoms with Crippen molar-refractivity contribution < 1.29 is 9.47 Å². The van der Waals surface area contributed by atoms with Gasteiger partial charge in [-0.05, 0) is 31.2 Å². The Morgan fingerprint density at radius 3 is 2.61 bits per heavy atom. The lowest BCUT2D eigenvalue weighted by Gasteiger charge is -2.46. The highest BCUT2D eigenvalue weighted by Gasteiger charge is 2.44. The van der Waals surface area contributed by atoms with Gasteiger partial charge in [-0.15, -0.1) is 0 Å². The van der Waals surface area contributed by atoms with E-state index in [2.05, 4.69) is 24.4 Å². The molecule has 0 bridgehead atoms. The number of nitrogens with one attached hydrogen (secondary N) is 1. The summed E-state index contributed by atoms with van der Waals surface area (Å²) in [4.78, 5) is 0. The molecule has 1 aliphatic rings. The van der Waals surface area contributed by atoms with E-state index < -0.39 is 0 Å². The van der Waals surface area contributed by atoms with Crippen LogP contribution in [0.5, 0.6) is 5.75 Å². The third kappa shape index (κ3) is 2.11. The van der Waals surface area contributed by atoms with Gasteiger partial charge < -0.3 is 20.5 Å². The molecule has 4 heteroatoms. The van der Waals surface area contributed by atoms with Crippen LogP contribution in [0.3, 0.4) is 0 Å². The zero-order chi connectivity index (χ0) is 13.2. The average molecular weight is 250 g/mol. The van der Waals surface area contributed by atoms with E-state index in [1.165, 1.54) is 5.56 Å². The molecule has 1 fully saturated rings. The first-order valence-corrected chi connectivity index (χ1v) is 6.26. The predicted octanol–water partition coefficient (Wildman–Crippen LogP) is 1.24. The molecule has 0 radical (unpaired) electrons. The van der Waals surface area contributed by atoms with Crippen molar-refractivity contribution in [1.82, 2.24) is 5.32 Å².